The van der Waals surface area contributed by atoms with Crippen molar-refractivity contribution < 1.29 is 5.11 Å². The van der Waals surface area contributed by atoms with Gasteiger partial charge in [-0.05, 0) is 32.0 Å². The molecule has 0 saturated heterocycles. The Balaban J connectivity index is 2.97. The van der Waals surface area contributed by atoms with Gasteiger partial charge in [0.1, 0.15) is 0 Å². The number of nitrogens with one attached hydrogen (secondary N) is 1. The van der Waals surface area contributed by atoms with Crippen LogP contribution >= 0.6 is 11.6 Å². The molecule has 0 fully saturated rings. The van der Waals surface area contributed by atoms with Crippen LogP contribution in [0, 0.1) is 0 Å². The van der Waals surface area contributed by atoms with Crippen LogP contribution < -0.4 is 10.2 Å². The molecule has 0 aliphatic rings. The van der Waals surface area contributed by atoms with E-state index >= 15 is 0 Å². The van der Waals surface area contributed by atoms with Crippen molar-refractivity contribution in [1.82, 2.24) is 5.32 Å². The molecule has 0 heterocycles. The van der Waals surface area contributed by atoms with Crippen LogP contribution in [0.3, 0.4) is 0 Å². The van der Waals surface area contributed by atoms with E-state index in [0.717, 1.165) is 29.4 Å². The molecule has 0 saturated carbocycles. The molecular formula is C14H23ClN2O. The molecule has 3 nitrogen and oxygen atoms in total. The van der Waals surface area contributed by atoms with E-state index in [2.05, 4.69) is 18.3 Å². The standard InChI is InChI=1S/C14H23ClN2O/c1-5-16-9-11-7-6-8-12(15)13(11)17(4)10-14(2,3)18/h6-8,16,18H,5,9-10H2,1-4H3. The number of benzene rings is 1. The quantitative estimate of drug-likeness (QED) is 0.834. The maximum Gasteiger partial charge on any atom is 0.0765 e. The summed E-state index contributed by atoms with van der Waals surface area (Å²) in [6, 6.07) is 5.90. The second-order valence-electron chi connectivity index (χ2n) is 5.20. The van der Waals surface area contributed by atoms with Gasteiger partial charge in [0.25, 0.3) is 0 Å². The summed E-state index contributed by atoms with van der Waals surface area (Å²) < 4.78 is 0. The van der Waals surface area contributed by atoms with Gasteiger partial charge in [0.05, 0.1) is 16.3 Å². The summed E-state index contributed by atoms with van der Waals surface area (Å²) in [7, 11) is 1.95. The Kier molecular flexibility index (Phi) is 5.45. The molecule has 1 aromatic rings. The molecule has 0 atom stereocenters. The summed E-state index contributed by atoms with van der Waals surface area (Å²) >= 11 is 6.28. The number of likely N-dealkylation sites (N-methyl/N-ethyl adjacent to an activating group) is 1. The molecule has 0 radical (unpaired) electrons. The first-order valence-electron chi connectivity index (χ1n) is 6.26. The lowest BCUT2D eigenvalue weighted by Gasteiger charge is -2.29. The zero-order valence-corrected chi connectivity index (χ0v) is 12.4. The summed E-state index contributed by atoms with van der Waals surface area (Å²) in [5.41, 5.74) is 1.39. The predicted molar refractivity (Wildman–Crippen MR) is 78.4 cm³/mol. The molecule has 18 heavy (non-hydrogen) atoms. The SMILES string of the molecule is CCNCc1cccc(Cl)c1N(C)CC(C)(C)O. The number of hydrogen-bond acceptors (Lipinski definition) is 3. The average molecular weight is 271 g/mol. The zero-order valence-electron chi connectivity index (χ0n) is 11.6. The van der Waals surface area contributed by atoms with Crippen molar-refractivity contribution in [2.75, 3.05) is 25.0 Å². The Morgan fingerprint density at radius 2 is 2.06 bits per heavy atom. The van der Waals surface area contributed by atoms with Gasteiger partial charge in [-0.15, -0.1) is 0 Å². The molecule has 0 unspecified atom stereocenters. The first-order valence-corrected chi connectivity index (χ1v) is 6.64. The maximum atomic E-state index is 9.91. The normalized spacial score (nSPS) is 11.7. The Hall–Kier alpha value is -0.770. The largest absolute Gasteiger partial charge is 0.389 e. The fourth-order valence-corrected chi connectivity index (χ4v) is 2.39. The van der Waals surface area contributed by atoms with Crippen LogP contribution in [0.5, 0.6) is 0 Å². The molecular weight excluding hydrogens is 248 g/mol. The third kappa shape index (κ3) is 4.48. The number of hydrogen-bond donors (Lipinski definition) is 2. The van der Waals surface area contributed by atoms with Gasteiger partial charge in [-0.1, -0.05) is 30.7 Å². The third-order valence-corrected chi connectivity index (χ3v) is 2.95. The summed E-state index contributed by atoms with van der Waals surface area (Å²) in [5, 5.41) is 13.9. The van der Waals surface area contributed by atoms with E-state index < -0.39 is 5.60 Å². The Labute approximate surface area is 115 Å². The highest BCUT2D eigenvalue weighted by atomic mass is 35.5. The van der Waals surface area contributed by atoms with E-state index in [1.165, 1.54) is 0 Å². The topological polar surface area (TPSA) is 35.5 Å². The van der Waals surface area contributed by atoms with Crippen molar-refractivity contribution in [3.8, 4) is 0 Å². The van der Waals surface area contributed by atoms with E-state index in [4.69, 9.17) is 11.6 Å². The summed E-state index contributed by atoms with van der Waals surface area (Å²) in [5.74, 6) is 0. The number of nitrogens with zero attached hydrogens (tertiary/aromatic N) is 1. The number of rotatable bonds is 6. The van der Waals surface area contributed by atoms with Crippen molar-refractivity contribution >= 4 is 17.3 Å². The third-order valence-electron chi connectivity index (χ3n) is 2.64. The maximum absolute atomic E-state index is 9.91. The van der Waals surface area contributed by atoms with Gasteiger partial charge >= 0.3 is 0 Å². The molecule has 0 bridgehead atoms. The molecule has 0 aromatic heterocycles. The van der Waals surface area contributed by atoms with Gasteiger partial charge in [-0.3, -0.25) is 0 Å². The lowest BCUT2D eigenvalue weighted by molar-refractivity contribution is 0.0886. The minimum Gasteiger partial charge on any atom is -0.389 e. The number of para-hydroxylation sites is 1. The number of aliphatic hydroxyl groups is 1. The highest BCUT2D eigenvalue weighted by Gasteiger charge is 2.19. The predicted octanol–water partition coefficient (Wildman–Crippen LogP) is 2.66. The molecule has 0 aliphatic carbocycles. The Bertz CT molecular complexity index is 388. The van der Waals surface area contributed by atoms with Crippen LogP contribution in [0.25, 0.3) is 0 Å². The molecule has 0 spiro atoms. The van der Waals surface area contributed by atoms with E-state index in [0.29, 0.717) is 6.54 Å². The van der Waals surface area contributed by atoms with Crippen LogP contribution in [-0.2, 0) is 6.54 Å². The second kappa shape index (κ2) is 6.41. The minimum absolute atomic E-state index is 0.538. The van der Waals surface area contributed by atoms with Crippen molar-refractivity contribution in [3.63, 3.8) is 0 Å². The van der Waals surface area contributed by atoms with Crippen molar-refractivity contribution in [1.29, 1.82) is 0 Å². The minimum atomic E-state index is -0.747. The molecule has 1 rings (SSSR count). The Morgan fingerprint density at radius 3 is 2.61 bits per heavy atom. The van der Waals surface area contributed by atoms with Crippen LogP contribution in [0.4, 0.5) is 5.69 Å². The van der Waals surface area contributed by atoms with Gasteiger partial charge in [0, 0.05) is 20.1 Å². The molecule has 0 amide bonds. The van der Waals surface area contributed by atoms with E-state index in [1.54, 1.807) is 13.8 Å². The zero-order chi connectivity index (χ0) is 13.8. The van der Waals surface area contributed by atoms with Crippen LogP contribution in [0.1, 0.15) is 26.3 Å². The van der Waals surface area contributed by atoms with Crippen molar-refractivity contribution in [3.05, 3.63) is 28.8 Å². The molecule has 2 N–H and O–H groups in total. The summed E-state index contributed by atoms with van der Waals surface area (Å²) in [4.78, 5) is 2.01. The van der Waals surface area contributed by atoms with Crippen LogP contribution in [-0.4, -0.2) is 30.8 Å². The lowest BCUT2D eigenvalue weighted by Crippen LogP contribution is -2.37. The molecule has 102 valence electrons. The van der Waals surface area contributed by atoms with E-state index in [9.17, 15) is 5.11 Å². The number of halogens is 1. The van der Waals surface area contributed by atoms with Gasteiger partial charge < -0.3 is 15.3 Å². The van der Waals surface area contributed by atoms with Crippen LogP contribution in [0.15, 0.2) is 18.2 Å². The second-order valence-corrected chi connectivity index (χ2v) is 5.60. The van der Waals surface area contributed by atoms with Gasteiger partial charge in [0.15, 0.2) is 0 Å². The monoisotopic (exact) mass is 270 g/mol. The van der Waals surface area contributed by atoms with Crippen molar-refractivity contribution in [2.24, 2.45) is 0 Å². The van der Waals surface area contributed by atoms with Gasteiger partial charge in [-0.25, -0.2) is 0 Å². The molecule has 4 heteroatoms. The van der Waals surface area contributed by atoms with Gasteiger partial charge in [-0.2, -0.15) is 0 Å². The van der Waals surface area contributed by atoms with E-state index in [-0.39, 0.29) is 0 Å². The van der Waals surface area contributed by atoms with Gasteiger partial charge in [0.2, 0.25) is 0 Å². The summed E-state index contributed by atoms with van der Waals surface area (Å²) in [6.45, 7) is 7.90. The highest BCUT2D eigenvalue weighted by Crippen LogP contribution is 2.30. The summed E-state index contributed by atoms with van der Waals surface area (Å²) in [6.07, 6.45) is 0. The molecule has 1 aromatic carbocycles. The van der Waals surface area contributed by atoms with E-state index in [1.807, 2.05) is 24.1 Å². The fraction of sp³-hybridized carbons (Fsp3) is 0.571. The highest BCUT2D eigenvalue weighted by molar-refractivity contribution is 6.33. The first kappa shape index (κ1) is 15.3. The smallest absolute Gasteiger partial charge is 0.0765 e. The number of anilines is 1. The average Bonchev–Trinajstić information content (AvgIpc) is 2.23. The van der Waals surface area contributed by atoms with Crippen molar-refractivity contribution in [2.45, 2.75) is 32.9 Å². The molecule has 0 aliphatic heterocycles. The fourth-order valence-electron chi connectivity index (χ4n) is 2.05. The first-order chi connectivity index (χ1) is 8.35. The van der Waals surface area contributed by atoms with Crippen LogP contribution in [0.2, 0.25) is 5.02 Å². The lowest BCUT2D eigenvalue weighted by atomic mass is 10.1. The Morgan fingerprint density at radius 1 is 1.39 bits per heavy atom.